The molecular weight excluding hydrogens is 368 g/mol. The molecule has 20 heavy (non-hydrogen) atoms. The van der Waals surface area contributed by atoms with Crippen LogP contribution in [-0.2, 0) is 0 Å². The first kappa shape index (κ1) is 13.7. The van der Waals surface area contributed by atoms with Gasteiger partial charge in [-0.1, -0.05) is 39.1 Å². The smallest absolute Gasteiger partial charge is 0.206 e. The zero-order valence-corrected chi connectivity index (χ0v) is 13.0. The van der Waals surface area contributed by atoms with Gasteiger partial charge < -0.3 is 5.73 Å². The second-order valence-corrected chi connectivity index (χ2v) is 5.89. The van der Waals surface area contributed by atoms with Crippen molar-refractivity contribution in [3.8, 4) is 5.69 Å². The van der Waals surface area contributed by atoms with Crippen LogP contribution in [0.15, 0.2) is 34.8 Å². The molecule has 3 aromatic rings. The number of rotatable bonds is 1. The molecule has 0 fully saturated rings. The molecule has 3 nitrogen and oxygen atoms in total. The lowest BCUT2D eigenvalue weighted by Gasteiger charge is -2.11. The highest BCUT2D eigenvalue weighted by Crippen LogP contribution is 2.35. The van der Waals surface area contributed by atoms with Crippen LogP contribution >= 0.6 is 39.1 Å². The average molecular weight is 375 g/mol. The fourth-order valence-electron chi connectivity index (χ4n) is 2.05. The summed E-state index contributed by atoms with van der Waals surface area (Å²) in [5.41, 5.74) is 7.77. The molecule has 0 aliphatic carbocycles. The molecular formula is C13H7BrCl2FN3. The average Bonchev–Trinajstić information content (AvgIpc) is 2.65. The number of hydrogen-bond donors (Lipinski definition) is 1. The normalized spacial score (nSPS) is 11.2. The molecule has 0 aliphatic rings. The first-order valence-electron chi connectivity index (χ1n) is 5.56. The van der Waals surface area contributed by atoms with Crippen LogP contribution in [0.4, 0.5) is 10.3 Å². The Labute approximate surface area is 132 Å². The number of nitrogens with two attached hydrogens (primary N) is 1. The summed E-state index contributed by atoms with van der Waals surface area (Å²) >= 11 is 15.6. The minimum atomic E-state index is -0.507. The van der Waals surface area contributed by atoms with E-state index in [1.54, 1.807) is 4.57 Å². The minimum Gasteiger partial charge on any atom is -0.369 e. The van der Waals surface area contributed by atoms with E-state index < -0.39 is 5.82 Å². The Morgan fingerprint density at radius 3 is 2.45 bits per heavy atom. The van der Waals surface area contributed by atoms with Crippen molar-refractivity contribution in [2.75, 3.05) is 5.73 Å². The molecule has 102 valence electrons. The van der Waals surface area contributed by atoms with Gasteiger partial charge in [-0.2, -0.15) is 0 Å². The Morgan fingerprint density at radius 1 is 1.15 bits per heavy atom. The quantitative estimate of drug-likeness (QED) is 0.663. The predicted octanol–water partition coefficient (Wildman–Crippen LogP) is 4.82. The van der Waals surface area contributed by atoms with E-state index in [2.05, 4.69) is 20.9 Å². The van der Waals surface area contributed by atoms with Crippen LogP contribution in [-0.4, -0.2) is 9.55 Å². The molecule has 0 unspecified atom stereocenters. The van der Waals surface area contributed by atoms with Crippen LogP contribution in [0.5, 0.6) is 0 Å². The summed E-state index contributed by atoms with van der Waals surface area (Å²) in [6.45, 7) is 0. The molecule has 0 radical (unpaired) electrons. The van der Waals surface area contributed by atoms with Gasteiger partial charge >= 0.3 is 0 Å². The number of fused-ring (bicyclic) bond motifs is 1. The van der Waals surface area contributed by atoms with E-state index >= 15 is 0 Å². The highest BCUT2D eigenvalue weighted by atomic mass is 79.9. The summed E-state index contributed by atoms with van der Waals surface area (Å²) < 4.78 is 15.8. The summed E-state index contributed by atoms with van der Waals surface area (Å²) in [4.78, 5) is 4.24. The van der Waals surface area contributed by atoms with Gasteiger partial charge in [0, 0.05) is 4.47 Å². The summed E-state index contributed by atoms with van der Waals surface area (Å²) in [7, 11) is 0. The first-order valence-corrected chi connectivity index (χ1v) is 7.10. The number of anilines is 1. The zero-order valence-electron chi connectivity index (χ0n) is 9.87. The van der Waals surface area contributed by atoms with E-state index in [0.717, 1.165) is 9.99 Å². The molecule has 0 aliphatic heterocycles. The van der Waals surface area contributed by atoms with Gasteiger partial charge in [-0.25, -0.2) is 9.37 Å². The SMILES string of the molecule is Nc1nc2ccc(Br)cc2n1-c1c(Cl)cc(F)cc1Cl. The van der Waals surface area contributed by atoms with Crippen LogP contribution in [0, 0.1) is 5.82 Å². The number of nitrogens with zero attached hydrogens (tertiary/aromatic N) is 2. The van der Waals surface area contributed by atoms with Crippen molar-refractivity contribution in [3.63, 3.8) is 0 Å². The van der Waals surface area contributed by atoms with Gasteiger partial charge in [0.05, 0.1) is 26.8 Å². The van der Waals surface area contributed by atoms with Crippen molar-refractivity contribution in [1.82, 2.24) is 9.55 Å². The molecule has 7 heteroatoms. The highest BCUT2D eigenvalue weighted by molar-refractivity contribution is 9.10. The topological polar surface area (TPSA) is 43.8 Å². The third kappa shape index (κ3) is 2.16. The summed E-state index contributed by atoms with van der Waals surface area (Å²) in [5, 5.41) is 0.335. The highest BCUT2D eigenvalue weighted by Gasteiger charge is 2.17. The number of imidazole rings is 1. The second-order valence-electron chi connectivity index (χ2n) is 4.16. The van der Waals surface area contributed by atoms with Crippen LogP contribution in [0.3, 0.4) is 0 Å². The van der Waals surface area contributed by atoms with Gasteiger partial charge in [-0.15, -0.1) is 0 Å². The Morgan fingerprint density at radius 2 is 1.80 bits per heavy atom. The standard InChI is InChI=1S/C13H7BrCl2FN3/c14-6-1-2-10-11(3-6)20(13(18)19-10)12-8(15)4-7(17)5-9(12)16/h1-5H,(H2,18,19). The van der Waals surface area contributed by atoms with E-state index in [9.17, 15) is 4.39 Å². The van der Waals surface area contributed by atoms with Crippen molar-refractivity contribution in [2.45, 2.75) is 0 Å². The van der Waals surface area contributed by atoms with Crippen LogP contribution < -0.4 is 5.73 Å². The Hall–Kier alpha value is -1.30. The van der Waals surface area contributed by atoms with Crippen molar-refractivity contribution in [2.24, 2.45) is 0 Å². The van der Waals surface area contributed by atoms with Crippen molar-refractivity contribution >= 4 is 56.1 Å². The Kier molecular flexibility index (Phi) is 3.36. The van der Waals surface area contributed by atoms with E-state index in [1.165, 1.54) is 12.1 Å². The number of nitrogen functional groups attached to an aromatic ring is 1. The maximum atomic E-state index is 13.3. The number of hydrogen-bond acceptors (Lipinski definition) is 2. The van der Waals surface area contributed by atoms with E-state index in [-0.39, 0.29) is 16.0 Å². The van der Waals surface area contributed by atoms with E-state index in [0.29, 0.717) is 11.2 Å². The van der Waals surface area contributed by atoms with Crippen LogP contribution in [0.2, 0.25) is 10.0 Å². The van der Waals surface area contributed by atoms with Gasteiger partial charge in [0.25, 0.3) is 0 Å². The molecule has 3 rings (SSSR count). The summed E-state index contributed by atoms with van der Waals surface area (Å²) in [6.07, 6.45) is 0. The summed E-state index contributed by atoms with van der Waals surface area (Å²) in [5.74, 6) is -0.276. The number of halogens is 4. The number of aromatic nitrogens is 2. The monoisotopic (exact) mass is 373 g/mol. The Bertz CT molecular complexity index is 809. The molecule has 0 saturated heterocycles. The molecule has 0 bridgehead atoms. The molecule has 2 N–H and O–H groups in total. The third-order valence-corrected chi connectivity index (χ3v) is 3.92. The zero-order chi connectivity index (χ0) is 14.4. The molecule has 1 heterocycles. The van der Waals surface area contributed by atoms with E-state index in [1.807, 2.05) is 18.2 Å². The predicted molar refractivity (Wildman–Crippen MR) is 83.2 cm³/mol. The fourth-order valence-corrected chi connectivity index (χ4v) is 3.03. The fraction of sp³-hybridized carbons (Fsp3) is 0. The van der Waals surface area contributed by atoms with Gasteiger partial charge in [-0.3, -0.25) is 4.57 Å². The van der Waals surface area contributed by atoms with Crippen molar-refractivity contribution in [1.29, 1.82) is 0 Å². The Balaban J connectivity index is 2.40. The first-order chi connectivity index (χ1) is 9.47. The van der Waals surface area contributed by atoms with Gasteiger partial charge in [0.15, 0.2) is 0 Å². The maximum absolute atomic E-state index is 13.3. The van der Waals surface area contributed by atoms with Gasteiger partial charge in [0.1, 0.15) is 5.82 Å². The lowest BCUT2D eigenvalue weighted by molar-refractivity contribution is 0.627. The summed E-state index contributed by atoms with van der Waals surface area (Å²) in [6, 6.07) is 7.89. The van der Waals surface area contributed by atoms with Gasteiger partial charge in [0.2, 0.25) is 5.95 Å². The lowest BCUT2D eigenvalue weighted by atomic mass is 10.2. The lowest BCUT2D eigenvalue weighted by Crippen LogP contribution is -2.02. The molecule has 1 aromatic heterocycles. The van der Waals surface area contributed by atoms with Crippen molar-refractivity contribution in [3.05, 3.63) is 50.7 Å². The minimum absolute atomic E-state index is 0.168. The van der Waals surface area contributed by atoms with E-state index in [4.69, 9.17) is 28.9 Å². The van der Waals surface area contributed by atoms with Crippen LogP contribution in [0.25, 0.3) is 16.7 Å². The molecule has 0 atom stereocenters. The second kappa shape index (κ2) is 4.91. The molecule has 0 amide bonds. The third-order valence-electron chi connectivity index (χ3n) is 2.85. The maximum Gasteiger partial charge on any atom is 0.206 e. The largest absolute Gasteiger partial charge is 0.369 e. The number of benzene rings is 2. The molecule has 0 saturated carbocycles. The van der Waals surface area contributed by atoms with Gasteiger partial charge in [-0.05, 0) is 30.3 Å². The molecule has 0 spiro atoms. The molecule has 2 aromatic carbocycles. The van der Waals surface area contributed by atoms with Crippen molar-refractivity contribution < 1.29 is 4.39 Å². The van der Waals surface area contributed by atoms with Crippen LogP contribution in [0.1, 0.15) is 0 Å².